The monoisotopic (exact) mass is 231 g/mol. The van der Waals surface area contributed by atoms with Crippen molar-refractivity contribution in [1.82, 2.24) is 0 Å². The number of hydrogen-bond acceptors (Lipinski definition) is 2. The Balaban J connectivity index is 2.69. The van der Waals surface area contributed by atoms with Crippen LogP contribution in [0.2, 0.25) is 5.02 Å². The second-order valence-corrected chi connectivity index (χ2v) is 3.15. The number of rotatable bonds is 3. The molecule has 0 fully saturated rings. The minimum Gasteiger partial charge on any atom is -0.481 e. The summed E-state index contributed by atoms with van der Waals surface area (Å²) in [6, 6.07) is 3.67. The highest BCUT2D eigenvalue weighted by Crippen LogP contribution is 2.18. The lowest BCUT2D eigenvalue weighted by Gasteiger charge is -2.03. The molecule has 80 valence electrons. The molecule has 0 unspecified atom stereocenters. The van der Waals surface area contributed by atoms with Gasteiger partial charge in [-0.3, -0.25) is 9.59 Å². The third kappa shape index (κ3) is 3.55. The highest BCUT2D eigenvalue weighted by atomic mass is 35.5. The summed E-state index contributed by atoms with van der Waals surface area (Å²) < 4.78 is 12.9. The molecule has 0 heterocycles. The zero-order valence-electron chi connectivity index (χ0n) is 7.46. The van der Waals surface area contributed by atoms with Crippen LogP contribution in [0.3, 0.4) is 0 Å². The SMILES string of the molecule is O=C(O)CC(=O)Nc1ccc(Cl)c(F)c1. The van der Waals surface area contributed by atoms with Crippen molar-refractivity contribution < 1.29 is 19.1 Å². The van der Waals surface area contributed by atoms with Crippen LogP contribution in [0.15, 0.2) is 18.2 Å². The second-order valence-electron chi connectivity index (χ2n) is 2.75. The van der Waals surface area contributed by atoms with Crippen molar-refractivity contribution in [1.29, 1.82) is 0 Å². The van der Waals surface area contributed by atoms with Crippen LogP contribution in [0.1, 0.15) is 6.42 Å². The predicted molar refractivity (Wildman–Crippen MR) is 52.3 cm³/mol. The van der Waals surface area contributed by atoms with Crippen molar-refractivity contribution in [3.8, 4) is 0 Å². The van der Waals surface area contributed by atoms with Crippen LogP contribution in [0.25, 0.3) is 0 Å². The van der Waals surface area contributed by atoms with Gasteiger partial charge < -0.3 is 10.4 Å². The lowest BCUT2D eigenvalue weighted by Crippen LogP contribution is -2.15. The van der Waals surface area contributed by atoms with E-state index in [0.29, 0.717) is 0 Å². The van der Waals surface area contributed by atoms with Gasteiger partial charge in [0.15, 0.2) is 0 Å². The summed E-state index contributed by atoms with van der Waals surface area (Å²) in [6.07, 6.45) is -0.662. The molecule has 2 N–H and O–H groups in total. The molecule has 0 radical (unpaired) electrons. The second kappa shape index (κ2) is 4.75. The zero-order chi connectivity index (χ0) is 11.4. The van der Waals surface area contributed by atoms with Gasteiger partial charge in [-0.1, -0.05) is 11.6 Å². The van der Waals surface area contributed by atoms with Gasteiger partial charge in [0.1, 0.15) is 12.2 Å². The fraction of sp³-hybridized carbons (Fsp3) is 0.111. The van der Waals surface area contributed by atoms with Crippen LogP contribution in [0.5, 0.6) is 0 Å². The third-order valence-electron chi connectivity index (χ3n) is 1.52. The molecule has 0 spiro atoms. The van der Waals surface area contributed by atoms with E-state index in [4.69, 9.17) is 16.7 Å². The van der Waals surface area contributed by atoms with Gasteiger partial charge in [0, 0.05) is 5.69 Å². The molecule has 0 saturated heterocycles. The standard InChI is InChI=1S/C9H7ClFNO3/c10-6-2-1-5(3-7(6)11)12-8(13)4-9(14)15/h1-3H,4H2,(H,12,13)(H,14,15). The van der Waals surface area contributed by atoms with E-state index in [1.165, 1.54) is 12.1 Å². The summed E-state index contributed by atoms with van der Waals surface area (Å²) in [5.74, 6) is -2.64. The summed E-state index contributed by atoms with van der Waals surface area (Å²) in [5, 5.41) is 10.5. The first-order valence-electron chi connectivity index (χ1n) is 3.95. The summed E-state index contributed by atoms with van der Waals surface area (Å²) in [7, 11) is 0. The molecule has 0 saturated carbocycles. The van der Waals surface area contributed by atoms with Gasteiger partial charge in [0.25, 0.3) is 0 Å². The molecule has 1 amide bonds. The van der Waals surface area contributed by atoms with Gasteiger partial charge in [-0.05, 0) is 18.2 Å². The van der Waals surface area contributed by atoms with E-state index in [0.717, 1.165) is 6.07 Å². The number of carbonyl (C=O) groups excluding carboxylic acids is 1. The first kappa shape index (κ1) is 11.5. The van der Waals surface area contributed by atoms with E-state index < -0.39 is 24.1 Å². The minimum absolute atomic E-state index is 0.0637. The maximum absolute atomic E-state index is 12.9. The lowest BCUT2D eigenvalue weighted by molar-refractivity contribution is -0.139. The van der Waals surface area contributed by atoms with Crippen molar-refractivity contribution in [3.05, 3.63) is 29.0 Å². The Morgan fingerprint density at radius 1 is 1.47 bits per heavy atom. The number of amides is 1. The molecule has 0 aromatic heterocycles. The molecule has 0 atom stereocenters. The molecule has 1 rings (SSSR count). The number of aliphatic carboxylic acids is 1. The molecule has 6 heteroatoms. The van der Waals surface area contributed by atoms with E-state index in [1.54, 1.807) is 0 Å². The fourth-order valence-electron chi connectivity index (χ4n) is 0.916. The summed E-state index contributed by atoms with van der Waals surface area (Å²) in [5.41, 5.74) is 0.170. The summed E-state index contributed by atoms with van der Waals surface area (Å²) >= 11 is 5.42. The van der Waals surface area contributed by atoms with Crippen LogP contribution < -0.4 is 5.32 Å². The minimum atomic E-state index is -1.25. The molecule has 0 aliphatic carbocycles. The topological polar surface area (TPSA) is 66.4 Å². The first-order valence-corrected chi connectivity index (χ1v) is 4.33. The molecule has 1 aromatic carbocycles. The molecule has 0 aliphatic rings. The Labute approximate surface area is 89.7 Å². The lowest BCUT2D eigenvalue weighted by atomic mass is 10.3. The number of carbonyl (C=O) groups is 2. The number of carboxylic acid groups (broad SMARTS) is 1. The van der Waals surface area contributed by atoms with E-state index in [2.05, 4.69) is 5.32 Å². The average Bonchev–Trinajstić information content (AvgIpc) is 2.10. The van der Waals surface area contributed by atoms with E-state index >= 15 is 0 Å². The molecule has 15 heavy (non-hydrogen) atoms. The molecular weight excluding hydrogens is 225 g/mol. The average molecular weight is 232 g/mol. The van der Waals surface area contributed by atoms with Crippen LogP contribution in [-0.2, 0) is 9.59 Å². The molecule has 1 aromatic rings. The Morgan fingerprint density at radius 3 is 2.67 bits per heavy atom. The summed E-state index contributed by atoms with van der Waals surface area (Å²) in [4.78, 5) is 21.1. The number of benzene rings is 1. The Bertz CT molecular complexity index is 408. The van der Waals surface area contributed by atoms with Crippen molar-refractivity contribution in [2.75, 3.05) is 5.32 Å². The van der Waals surface area contributed by atoms with Gasteiger partial charge in [-0.15, -0.1) is 0 Å². The third-order valence-corrected chi connectivity index (χ3v) is 1.82. The van der Waals surface area contributed by atoms with Crippen molar-refractivity contribution in [2.24, 2.45) is 0 Å². The predicted octanol–water partition coefficient (Wildman–Crippen LogP) is 1.89. The van der Waals surface area contributed by atoms with Crippen LogP contribution in [0, 0.1) is 5.82 Å². The Kier molecular flexibility index (Phi) is 3.62. The van der Waals surface area contributed by atoms with E-state index in [1.807, 2.05) is 0 Å². The van der Waals surface area contributed by atoms with E-state index in [-0.39, 0.29) is 10.7 Å². The number of anilines is 1. The van der Waals surface area contributed by atoms with Crippen LogP contribution in [-0.4, -0.2) is 17.0 Å². The summed E-state index contributed by atoms with van der Waals surface area (Å²) in [6.45, 7) is 0. The highest BCUT2D eigenvalue weighted by molar-refractivity contribution is 6.30. The molecule has 0 bridgehead atoms. The Hall–Kier alpha value is -1.62. The van der Waals surface area contributed by atoms with Crippen LogP contribution >= 0.6 is 11.6 Å². The maximum Gasteiger partial charge on any atom is 0.312 e. The normalized spacial score (nSPS) is 9.73. The fourth-order valence-corrected chi connectivity index (χ4v) is 1.03. The molecule has 0 aliphatic heterocycles. The maximum atomic E-state index is 12.9. The van der Waals surface area contributed by atoms with Crippen molar-refractivity contribution >= 4 is 29.2 Å². The number of halogens is 2. The quantitative estimate of drug-likeness (QED) is 0.781. The molecular formula is C9H7ClFNO3. The molecule has 4 nitrogen and oxygen atoms in total. The van der Waals surface area contributed by atoms with E-state index in [9.17, 15) is 14.0 Å². The van der Waals surface area contributed by atoms with Gasteiger partial charge >= 0.3 is 5.97 Å². The highest BCUT2D eigenvalue weighted by Gasteiger charge is 2.08. The number of hydrogen-bond donors (Lipinski definition) is 2. The Morgan fingerprint density at radius 2 is 2.13 bits per heavy atom. The van der Waals surface area contributed by atoms with Crippen molar-refractivity contribution in [3.63, 3.8) is 0 Å². The number of carboxylic acids is 1. The largest absolute Gasteiger partial charge is 0.481 e. The van der Waals surface area contributed by atoms with Gasteiger partial charge in [0.2, 0.25) is 5.91 Å². The van der Waals surface area contributed by atoms with Gasteiger partial charge in [0.05, 0.1) is 5.02 Å². The zero-order valence-corrected chi connectivity index (χ0v) is 8.21. The van der Waals surface area contributed by atoms with Crippen LogP contribution in [0.4, 0.5) is 10.1 Å². The van der Waals surface area contributed by atoms with Gasteiger partial charge in [-0.25, -0.2) is 4.39 Å². The van der Waals surface area contributed by atoms with Gasteiger partial charge in [-0.2, -0.15) is 0 Å². The van der Waals surface area contributed by atoms with Crippen molar-refractivity contribution in [2.45, 2.75) is 6.42 Å². The smallest absolute Gasteiger partial charge is 0.312 e. The number of nitrogens with one attached hydrogen (secondary N) is 1. The first-order chi connectivity index (χ1) is 6.99.